The molecule has 0 amide bonds. The van der Waals surface area contributed by atoms with Crippen molar-refractivity contribution >= 4 is 11.8 Å². The minimum atomic E-state index is -1.38. The van der Waals surface area contributed by atoms with E-state index < -0.39 is 42.8 Å². The van der Waals surface area contributed by atoms with Crippen LogP contribution in [0.2, 0.25) is 0 Å². The summed E-state index contributed by atoms with van der Waals surface area (Å²) < 4.78 is 6.23. The SMILES string of the molecule is O=C(ONc1ccn([C@@H]2O[C@H](CO)[C@@H](O)[C@H]2O)c(=O)n1)C1CC1. The Kier molecular flexibility index (Phi) is 4.31. The summed E-state index contributed by atoms with van der Waals surface area (Å²) in [6, 6.07) is 1.36. The molecule has 10 nitrogen and oxygen atoms in total. The summed E-state index contributed by atoms with van der Waals surface area (Å²) in [6.45, 7) is -0.492. The highest BCUT2D eigenvalue weighted by Gasteiger charge is 2.43. The van der Waals surface area contributed by atoms with Gasteiger partial charge in [-0.25, -0.2) is 15.1 Å². The average Bonchev–Trinajstić information content (AvgIpc) is 3.34. The van der Waals surface area contributed by atoms with Gasteiger partial charge in [-0.05, 0) is 12.8 Å². The summed E-state index contributed by atoms with van der Waals surface area (Å²) >= 11 is 0. The molecule has 4 atom stereocenters. The number of nitrogens with zero attached hydrogens (tertiary/aromatic N) is 2. The Bertz CT molecular complexity index is 645. The first-order valence-corrected chi connectivity index (χ1v) is 7.19. The summed E-state index contributed by atoms with van der Waals surface area (Å²) in [5.41, 5.74) is 1.53. The van der Waals surface area contributed by atoms with Gasteiger partial charge in [0, 0.05) is 12.3 Å². The molecule has 10 heteroatoms. The number of carbonyl (C=O) groups is 1. The van der Waals surface area contributed by atoms with Crippen molar-refractivity contribution in [3.05, 3.63) is 22.7 Å². The van der Waals surface area contributed by atoms with E-state index >= 15 is 0 Å². The van der Waals surface area contributed by atoms with Crippen molar-refractivity contribution in [3.8, 4) is 0 Å². The van der Waals surface area contributed by atoms with Gasteiger partial charge in [0.1, 0.15) is 18.3 Å². The van der Waals surface area contributed by atoms with Gasteiger partial charge < -0.3 is 24.9 Å². The topological polar surface area (TPSA) is 143 Å². The van der Waals surface area contributed by atoms with Crippen LogP contribution in [0.1, 0.15) is 19.1 Å². The third-order valence-corrected chi connectivity index (χ3v) is 3.79. The largest absolute Gasteiger partial charge is 0.394 e. The van der Waals surface area contributed by atoms with Gasteiger partial charge in [0.2, 0.25) is 0 Å². The smallest absolute Gasteiger partial charge is 0.351 e. The average molecular weight is 327 g/mol. The fourth-order valence-electron chi connectivity index (χ4n) is 2.28. The van der Waals surface area contributed by atoms with E-state index in [4.69, 9.17) is 14.7 Å². The first-order valence-electron chi connectivity index (χ1n) is 7.19. The Labute approximate surface area is 130 Å². The summed E-state index contributed by atoms with van der Waals surface area (Å²) in [5, 5.41) is 28.6. The monoisotopic (exact) mass is 327 g/mol. The van der Waals surface area contributed by atoms with Crippen molar-refractivity contribution in [2.24, 2.45) is 5.92 Å². The number of ether oxygens (including phenoxy) is 1. The zero-order valence-electron chi connectivity index (χ0n) is 12.0. The Morgan fingerprint density at radius 2 is 2.17 bits per heavy atom. The maximum Gasteiger partial charge on any atom is 0.351 e. The number of aliphatic hydroxyl groups excluding tert-OH is 3. The second-order valence-electron chi connectivity index (χ2n) is 5.53. The lowest BCUT2D eigenvalue weighted by molar-refractivity contribution is -0.142. The second kappa shape index (κ2) is 6.24. The van der Waals surface area contributed by atoms with Crippen LogP contribution < -0.4 is 11.2 Å². The Hall–Kier alpha value is -2.01. The molecule has 1 aromatic rings. The number of hydrogen-bond donors (Lipinski definition) is 4. The third-order valence-electron chi connectivity index (χ3n) is 3.79. The van der Waals surface area contributed by atoms with Gasteiger partial charge in [-0.1, -0.05) is 0 Å². The molecule has 1 aliphatic carbocycles. The minimum Gasteiger partial charge on any atom is -0.394 e. The predicted molar refractivity (Wildman–Crippen MR) is 73.9 cm³/mol. The molecule has 2 heterocycles. The predicted octanol–water partition coefficient (Wildman–Crippen LogP) is -1.87. The Balaban J connectivity index is 1.69. The molecule has 3 rings (SSSR count). The molecule has 1 aliphatic heterocycles. The summed E-state index contributed by atoms with van der Waals surface area (Å²) in [5.74, 6) is -0.465. The van der Waals surface area contributed by atoms with Crippen LogP contribution in [-0.4, -0.2) is 55.8 Å². The van der Waals surface area contributed by atoms with Crippen molar-refractivity contribution in [1.29, 1.82) is 0 Å². The van der Waals surface area contributed by atoms with Crippen LogP contribution in [0.5, 0.6) is 0 Å². The van der Waals surface area contributed by atoms with Crippen LogP contribution >= 0.6 is 0 Å². The van der Waals surface area contributed by atoms with Gasteiger partial charge in [0.05, 0.1) is 12.5 Å². The van der Waals surface area contributed by atoms with Gasteiger partial charge in [-0.2, -0.15) is 4.98 Å². The lowest BCUT2D eigenvalue weighted by atomic mass is 10.1. The number of aromatic nitrogens is 2. The van der Waals surface area contributed by atoms with E-state index in [2.05, 4.69) is 10.5 Å². The van der Waals surface area contributed by atoms with Crippen LogP contribution in [0.4, 0.5) is 5.82 Å². The van der Waals surface area contributed by atoms with Crippen LogP contribution in [0.3, 0.4) is 0 Å². The van der Waals surface area contributed by atoms with Crippen LogP contribution in [0, 0.1) is 5.92 Å². The highest BCUT2D eigenvalue weighted by molar-refractivity contribution is 5.75. The quantitative estimate of drug-likeness (QED) is 0.457. The molecule has 0 spiro atoms. The molecule has 0 bridgehead atoms. The van der Waals surface area contributed by atoms with E-state index in [1.807, 2.05) is 0 Å². The van der Waals surface area contributed by atoms with E-state index in [9.17, 15) is 19.8 Å². The maximum atomic E-state index is 12.0. The van der Waals surface area contributed by atoms with Crippen LogP contribution in [-0.2, 0) is 14.4 Å². The third kappa shape index (κ3) is 3.20. The van der Waals surface area contributed by atoms with Gasteiger partial charge >= 0.3 is 11.7 Å². The van der Waals surface area contributed by atoms with Gasteiger partial charge in [-0.3, -0.25) is 4.57 Å². The molecule has 4 N–H and O–H groups in total. The molecule has 1 saturated carbocycles. The molecule has 0 aromatic carbocycles. The molecule has 23 heavy (non-hydrogen) atoms. The molecular weight excluding hydrogens is 310 g/mol. The van der Waals surface area contributed by atoms with E-state index in [0.29, 0.717) is 0 Å². The Morgan fingerprint density at radius 3 is 2.74 bits per heavy atom. The highest BCUT2D eigenvalue weighted by Crippen LogP contribution is 2.30. The first-order chi connectivity index (χ1) is 11.0. The maximum absolute atomic E-state index is 12.0. The van der Waals surface area contributed by atoms with Gasteiger partial charge in [0.15, 0.2) is 12.0 Å². The number of hydrogen-bond acceptors (Lipinski definition) is 9. The fraction of sp³-hybridized carbons (Fsp3) is 0.615. The molecular formula is C13H17N3O7. The molecule has 0 radical (unpaired) electrons. The zero-order valence-corrected chi connectivity index (χ0v) is 12.0. The molecule has 2 fully saturated rings. The van der Waals surface area contributed by atoms with E-state index in [-0.39, 0.29) is 11.7 Å². The molecule has 1 aromatic heterocycles. The lowest BCUT2D eigenvalue weighted by Crippen LogP contribution is -2.36. The van der Waals surface area contributed by atoms with Crippen molar-refractivity contribution in [2.75, 3.05) is 12.1 Å². The number of rotatable bonds is 5. The molecule has 0 unspecified atom stereocenters. The lowest BCUT2D eigenvalue weighted by Gasteiger charge is -2.17. The standard InChI is InChI=1S/C13H17N3O7/c17-5-7-9(18)10(19)11(22-7)16-4-3-8(14-13(16)21)15-23-12(20)6-1-2-6/h3-4,6-7,9-11,17-19H,1-2,5H2,(H,14,15,21)/t7-,9-,10-,11-/m1/s1. The number of nitrogens with one attached hydrogen (secondary N) is 1. The summed E-state index contributed by atoms with van der Waals surface area (Å²) in [7, 11) is 0. The summed E-state index contributed by atoms with van der Waals surface area (Å²) in [6.07, 6.45) is -1.97. The van der Waals surface area contributed by atoms with Crippen LogP contribution in [0.25, 0.3) is 0 Å². The van der Waals surface area contributed by atoms with Crippen LogP contribution in [0.15, 0.2) is 17.1 Å². The van der Waals surface area contributed by atoms with Crippen molar-refractivity contribution in [3.63, 3.8) is 0 Å². The van der Waals surface area contributed by atoms with E-state index in [1.54, 1.807) is 0 Å². The minimum absolute atomic E-state index is 0.0343. The highest BCUT2D eigenvalue weighted by atomic mass is 16.7. The number of anilines is 1. The van der Waals surface area contributed by atoms with Gasteiger partial charge in [-0.15, -0.1) is 0 Å². The van der Waals surface area contributed by atoms with E-state index in [1.165, 1.54) is 12.3 Å². The summed E-state index contributed by atoms with van der Waals surface area (Å²) in [4.78, 5) is 31.8. The second-order valence-corrected chi connectivity index (χ2v) is 5.53. The molecule has 126 valence electrons. The first kappa shape index (κ1) is 15.9. The van der Waals surface area contributed by atoms with E-state index in [0.717, 1.165) is 17.4 Å². The van der Waals surface area contributed by atoms with Crippen molar-refractivity contribution < 1.29 is 29.7 Å². The zero-order chi connectivity index (χ0) is 16.6. The Morgan fingerprint density at radius 1 is 1.43 bits per heavy atom. The van der Waals surface area contributed by atoms with Gasteiger partial charge in [0.25, 0.3) is 0 Å². The molecule has 1 saturated heterocycles. The molecule has 2 aliphatic rings. The fourth-order valence-corrected chi connectivity index (χ4v) is 2.28. The number of carbonyl (C=O) groups excluding carboxylic acids is 1. The number of aliphatic hydroxyl groups is 3. The van der Waals surface area contributed by atoms with Crippen molar-refractivity contribution in [2.45, 2.75) is 37.4 Å². The van der Waals surface area contributed by atoms with Crippen molar-refractivity contribution in [1.82, 2.24) is 9.55 Å². The normalized spacial score (nSPS) is 30.2.